The number of urea groups is 1. The molecule has 1 aliphatic rings. The minimum Gasteiger partial charge on any atom is -0.480 e. The van der Waals surface area contributed by atoms with Crippen LogP contribution in [0.2, 0.25) is 0 Å². The van der Waals surface area contributed by atoms with E-state index in [2.05, 4.69) is 10.4 Å². The van der Waals surface area contributed by atoms with Crippen molar-refractivity contribution in [2.45, 2.75) is 12.5 Å². The minimum atomic E-state index is -1.28. The van der Waals surface area contributed by atoms with Gasteiger partial charge in [-0.25, -0.2) is 4.79 Å². The van der Waals surface area contributed by atoms with Crippen LogP contribution < -0.4 is 5.32 Å². The van der Waals surface area contributed by atoms with Gasteiger partial charge in [0.05, 0.1) is 6.20 Å². The average Bonchev–Trinajstić information content (AvgIpc) is 3.05. The molecule has 1 unspecified atom stereocenters. The number of nitrogens with zero attached hydrogens (tertiary/aromatic N) is 3. The normalized spacial score (nSPS) is 20.3. The third-order valence-corrected chi connectivity index (χ3v) is 4.07. The number of benzene rings is 1. The molecule has 1 aliphatic heterocycles. The van der Waals surface area contributed by atoms with Crippen molar-refractivity contribution in [3.8, 4) is 11.1 Å². The number of carbonyl (C=O) groups excluding carboxylic acids is 2. The van der Waals surface area contributed by atoms with E-state index in [1.807, 2.05) is 25.4 Å². The van der Waals surface area contributed by atoms with Crippen molar-refractivity contribution < 1.29 is 19.5 Å². The number of aromatic nitrogens is 2. The van der Waals surface area contributed by atoms with Crippen LogP contribution >= 0.6 is 0 Å². The Hall–Kier alpha value is -3.16. The van der Waals surface area contributed by atoms with Gasteiger partial charge in [-0.2, -0.15) is 5.10 Å². The van der Waals surface area contributed by atoms with Crippen LogP contribution in [0.15, 0.2) is 36.7 Å². The number of hydrogen-bond donors (Lipinski definition) is 2. The molecular formula is C16H16N4O4. The molecule has 0 spiro atoms. The summed E-state index contributed by atoms with van der Waals surface area (Å²) in [6.45, 7) is 0.905. The summed E-state index contributed by atoms with van der Waals surface area (Å²) in [5, 5.41) is 15.5. The van der Waals surface area contributed by atoms with E-state index in [0.29, 0.717) is 10.5 Å². The molecule has 8 heteroatoms. The molecule has 0 radical (unpaired) electrons. The maximum Gasteiger partial charge on any atom is 0.325 e. The van der Waals surface area contributed by atoms with Gasteiger partial charge in [0.25, 0.3) is 5.91 Å². The quantitative estimate of drug-likeness (QED) is 0.813. The third kappa shape index (κ3) is 2.51. The standard InChI is InChI=1S/C16H16N4O4/c1-16(14(23)20(9-13(21)22)15(24)18-16)12-5-3-10(4-6-12)11-7-17-19(2)8-11/h3-8H,9H2,1-2H3,(H,18,24)(H,21,22). The molecule has 2 N–H and O–H groups in total. The number of rotatable bonds is 4. The van der Waals surface area contributed by atoms with Crippen LogP contribution in [0.4, 0.5) is 4.79 Å². The number of aryl methyl sites for hydroxylation is 1. The first kappa shape index (κ1) is 15.7. The van der Waals surface area contributed by atoms with Gasteiger partial charge in [0, 0.05) is 18.8 Å². The Bertz CT molecular complexity index is 827. The zero-order chi connectivity index (χ0) is 17.5. The topological polar surface area (TPSA) is 105 Å². The van der Waals surface area contributed by atoms with Gasteiger partial charge in [0.15, 0.2) is 0 Å². The molecule has 1 fully saturated rings. The van der Waals surface area contributed by atoms with Crippen LogP contribution in [0.1, 0.15) is 12.5 Å². The predicted molar refractivity (Wildman–Crippen MR) is 83.9 cm³/mol. The molecular weight excluding hydrogens is 312 g/mol. The van der Waals surface area contributed by atoms with Crippen molar-refractivity contribution in [1.29, 1.82) is 0 Å². The van der Waals surface area contributed by atoms with E-state index in [4.69, 9.17) is 5.11 Å². The molecule has 24 heavy (non-hydrogen) atoms. The summed E-state index contributed by atoms with van der Waals surface area (Å²) in [6, 6.07) is 6.44. The van der Waals surface area contributed by atoms with Gasteiger partial charge in [-0.1, -0.05) is 24.3 Å². The Kier molecular flexibility index (Phi) is 3.59. The molecule has 8 nitrogen and oxygen atoms in total. The van der Waals surface area contributed by atoms with E-state index < -0.39 is 30.0 Å². The fourth-order valence-electron chi connectivity index (χ4n) is 2.74. The zero-order valence-electron chi connectivity index (χ0n) is 13.2. The van der Waals surface area contributed by atoms with Gasteiger partial charge in [0.1, 0.15) is 12.1 Å². The highest BCUT2D eigenvalue weighted by Gasteiger charge is 2.49. The summed E-state index contributed by atoms with van der Waals surface area (Å²) < 4.78 is 1.69. The van der Waals surface area contributed by atoms with Gasteiger partial charge in [0.2, 0.25) is 0 Å². The van der Waals surface area contributed by atoms with E-state index in [9.17, 15) is 14.4 Å². The summed E-state index contributed by atoms with van der Waals surface area (Å²) in [5.41, 5.74) is 1.17. The molecule has 1 aromatic carbocycles. The molecule has 3 rings (SSSR count). The fraction of sp³-hybridized carbons (Fsp3) is 0.250. The summed E-state index contributed by atoms with van der Waals surface area (Å²) in [5.74, 6) is -1.82. The SMILES string of the molecule is Cn1cc(-c2ccc(C3(C)NC(=O)N(CC(=O)O)C3=O)cc2)cn1. The van der Waals surface area contributed by atoms with Gasteiger partial charge in [-0.3, -0.25) is 19.2 Å². The summed E-state index contributed by atoms with van der Waals surface area (Å²) >= 11 is 0. The van der Waals surface area contributed by atoms with Crippen molar-refractivity contribution in [2.24, 2.45) is 7.05 Å². The van der Waals surface area contributed by atoms with Gasteiger partial charge in [-0.15, -0.1) is 0 Å². The first-order valence-electron chi connectivity index (χ1n) is 7.27. The molecule has 0 saturated carbocycles. The largest absolute Gasteiger partial charge is 0.480 e. The van der Waals surface area contributed by atoms with Crippen LogP contribution in [0.5, 0.6) is 0 Å². The van der Waals surface area contributed by atoms with E-state index in [0.717, 1.165) is 11.1 Å². The zero-order valence-corrected chi connectivity index (χ0v) is 13.2. The van der Waals surface area contributed by atoms with Gasteiger partial charge < -0.3 is 10.4 Å². The number of hydrogen-bond acceptors (Lipinski definition) is 4. The molecule has 2 heterocycles. The number of carboxylic acid groups (broad SMARTS) is 1. The van der Waals surface area contributed by atoms with E-state index >= 15 is 0 Å². The first-order valence-corrected chi connectivity index (χ1v) is 7.27. The van der Waals surface area contributed by atoms with Crippen LogP contribution in [-0.2, 0) is 22.2 Å². The lowest BCUT2D eigenvalue weighted by Crippen LogP contribution is -2.41. The highest BCUT2D eigenvalue weighted by atomic mass is 16.4. The molecule has 1 atom stereocenters. The first-order chi connectivity index (χ1) is 11.3. The van der Waals surface area contributed by atoms with Gasteiger partial charge in [-0.05, 0) is 18.1 Å². The highest BCUT2D eigenvalue weighted by Crippen LogP contribution is 2.30. The lowest BCUT2D eigenvalue weighted by molar-refractivity contribution is -0.142. The van der Waals surface area contributed by atoms with Crippen LogP contribution in [0.25, 0.3) is 11.1 Å². The minimum absolute atomic E-state index is 0.580. The van der Waals surface area contributed by atoms with Crippen LogP contribution in [0, 0.1) is 0 Å². The van der Waals surface area contributed by atoms with E-state index in [1.165, 1.54) is 0 Å². The third-order valence-electron chi connectivity index (χ3n) is 4.07. The fourth-order valence-corrected chi connectivity index (χ4v) is 2.74. The number of carboxylic acids is 1. The summed E-state index contributed by atoms with van der Waals surface area (Å²) in [6.07, 6.45) is 3.60. The molecule has 1 aromatic heterocycles. The smallest absolute Gasteiger partial charge is 0.325 e. The lowest BCUT2D eigenvalue weighted by Gasteiger charge is -2.22. The monoisotopic (exact) mass is 328 g/mol. The number of amides is 3. The van der Waals surface area contributed by atoms with E-state index in [1.54, 1.807) is 29.9 Å². The Labute approximate surface area is 137 Å². The van der Waals surface area contributed by atoms with Crippen molar-refractivity contribution in [3.05, 3.63) is 42.2 Å². The van der Waals surface area contributed by atoms with Crippen molar-refractivity contribution in [3.63, 3.8) is 0 Å². The Morgan fingerprint density at radius 1 is 1.25 bits per heavy atom. The molecule has 3 amide bonds. The van der Waals surface area contributed by atoms with Crippen molar-refractivity contribution in [1.82, 2.24) is 20.0 Å². The number of imide groups is 1. The van der Waals surface area contributed by atoms with Crippen molar-refractivity contribution in [2.75, 3.05) is 6.54 Å². The average molecular weight is 328 g/mol. The second kappa shape index (κ2) is 5.48. The number of aliphatic carboxylic acids is 1. The molecule has 124 valence electrons. The summed E-state index contributed by atoms with van der Waals surface area (Å²) in [7, 11) is 1.82. The maximum absolute atomic E-state index is 12.5. The molecule has 2 aromatic rings. The molecule has 0 bridgehead atoms. The summed E-state index contributed by atoms with van der Waals surface area (Å²) in [4.78, 5) is 35.9. The van der Waals surface area contributed by atoms with Gasteiger partial charge >= 0.3 is 12.0 Å². The second-order valence-corrected chi connectivity index (χ2v) is 5.82. The van der Waals surface area contributed by atoms with Crippen LogP contribution in [0.3, 0.4) is 0 Å². The number of nitrogens with one attached hydrogen (secondary N) is 1. The molecule has 1 saturated heterocycles. The van der Waals surface area contributed by atoms with E-state index in [-0.39, 0.29) is 0 Å². The van der Waals surface area contributed by atoms with Crippen molar-refractivity contribution >= 4 is 17.9 Å². The Morgan fingerprint density at radius 2 is 1.92 bits per heavy atom. The lowest BCUT2D eigenvalue weighted by atomic mass is 9.91. The Balaban J connectivity index is 1.89. The maximum atomic E-state index is 12.5. The second-order valence-electron chi connectivity index (χ2n) is 5.82. The predicted octanol–water partition coefficient (Wildman–Crippen LogP) is 0.939. The van der Waals surface area contributed by atoms with Crippen LogP contribution in [-0.4, -0.2) is 44.2 Å². The highest BCUT2D eigenvalue weighted by molar-refractivity contribution is 6.08. The number of carbonyl (C=O) groups is 3. The molecule has 0 aliphatic carbocycles. The Morgan fingerprint density at radius 3 is 2.46 bits per heavy atom.